The number of anilines is 1. The molecule has 138 valence electrons. The molecule has 1 saturated heterocycles. The van der Waals surface area contributed by atoms with Gasteiger partial charge < -0.3 is 4.90 Å². The Morgan fingerprint density at radius 2 is 2.00 bits per heavy atom. The zero-order chi connectivity index (χ0) is 18.4. The van der Waals surface area contributed by atoms with E-state index in [1.54, 1.807) is 10.7 Å². The Morgan fingerprint density at radius 1 is 1.19 bits per heavy atom. The molecular formula is C20H21N5OS. The molecule has 7 heteroatoms. The summed E-state index contributed by atoms with van der Waals surface area (Å²) in [5.41, 5.74) is 3.19. The Balaban J connectivity index is 1.34. The molecule has 0 atom stereocenters. The van der Waals surface area contributed by atoms with Crippen molar-refractivity contribution in [2.45, 2.75) is 25.6 Å². The van der Waals surface area contributed by atoms with Crippen molar-refractivity contribution >= 4 is 28.4 Å². The average molecular weight is 379 g/mol. The molecule has 2 aliphatic heterocycles. The molecule has 2 aliphatic rings. The Labute approximate surface area is 161 Å². The van der Waals surface area contributed by atoms with Gasteiger partial charge in [-0.3, -0.25) is 4.79 Å². The van der Waals surface area contributed by atoms with E-state index in [0.717, 1.165) is 64.6 Å². The first kappa shape index (κ1) is 16.7. The van der Waals surface area contributed by atoms with Crippen LogP contribution < -0.4 is 10.5 Å². The van der Waals surface area contributed by atoms with Gasteiger partial charge in [0.05, 0.1) is 17.9 Å². The lowest BCUT2D eigenvalue weighted by Crippen LogP contribution is -2.50. The lowest BCUT2D eigenvalue weighted by atomic mass is 9.99. The van der Waals surface area contributed by atoms with Crippen molar-refractivity contribution in [1.29, 1.82) is 0 Å². The second-order valence-electron chi connectivity index (χ2n) is 7.36. The summed E-state index contributed by atoms with van der Waals surface area (Å²) in [6.45, 7) is 4.42. The van der Waals surface area contributed by atoms with Gasteiger partial charge in [-0.2, -0.15) is 22.0 Å². The number of thioether (sulfide) groups is 1. The highest BCUT2D eigenvalue weighted by molar-refractivity contribution is 7.98. The van der Waals surface area contributed by atoms with Crippen molar-refractivity contribution in [2.75, 3.05) is 23.7 Å². The first-order valence-corrected chi connectivity index (χ1v) is 10.5. The number of rotatable bonds is 3. The third kappa shape index (κ3) is 3.00. The summed E-state index contributed by atoms with van der Waals surface area (Å²) in [6.07, 6.45) is 0.960. The second kappa shape index (κ2) is 6.64. The third-order valence-corrected chi connectivity index (χ3v) is 6.45. The molecule has 0 N–H and O–H groups in total. The van der Waals surface area contributed by atoms with Gasteiger partial charge in [0.2, 0.25) is 0 Å². The quantitative estimate of drug-likeness (QED) is 0.696. The van der Waals surface area contributed by atoms with E-state index in [2.05, 4.69) is 32.3 Å². The predicted octanol–water partition coefficient (Wildman–Crippen LogP) is 2.42. The smallest absolute Gasteiger partial charge is 0.267 e. The summed E-state index contributed by atoms with van der Waals surface area (Å²) >= 11 is 1.87. The van der Waals surface area contributed by atoms with Gasteiger partial charge in [-0.25, -0.2) is 4.68 Å². The van der Waals surface area contributed by atoms with Crippen molar-refractivity contribution in [1.82, 2.24) is 20.0 Å². The first-order valence-electron chi connectivity index (χ1n) is 9.33. The minimum atomic E-state index is 0.0234. The molecule has 4 heterocycles. The van der Waals surface area contributed by atoms with Crippen molar-refractivity contribution in [2.24, 2.45) is 5.92 Å². The maximum Gasteiger partial charge on any atom is 0.267 e. The van der Waals surface area contributed by atoms with Crippen LogP contribution in [-0.4, -0.2) is 38.8 Å². The Kier molecular flexibility index (Phi) is 4.11. The number of fused-ring (bicyclic) bond motifs is 2. The molecule has 27 heavy (non-hydrogen) atoms. The fourth-order valence-electron chi connectivity index (χ4n) is 3.94. The van der Waals surface area contributed by atoms with E-state index in [1.165, 1.54) is 0 Å². The molecule has 1 fully saturated rings. The van der Waals surface area contributed by atoms with E-state index in [4.69, 9.17) is 0 Å². The van der Waals surface area contributed by atoms with Crippen LogP contribution in [0.2, 0.25) is 0 Å². The molecule has 0 radical (unpaired) electrons. The first-order chi connectivity index (χ1) is 13.2. The largest absolute Gasteiger partial charge is 0.354 e. The van der Waals surface area contributed by atoms with Crippen LogP contribution in [0.3, 0.4) is 0 Å². The number of aromatic nitrogens is 4. The van der Waals surface area contributed by atoms with Gasteiger partial charge in [-0.1, -0.05) is 24.3 Å². The molecule has 0 saturated carbocycles. The third-order valence-electron chi connectivity index (χ3n) is 5.45. The van der Waals surface area contributed by atoms with Crippen molar-refractivity contribution in [3.8, 4) is 0 Å². The number of aryl methyl sites for hydroxylation is 2. The molecular weight excluding hydrogens is 358 g/mol. The lowest BCUT2D eigenvalue weighted by molar-refractivity contribution is 0.331. The van der Waals surface area contributed by atoms with E-state index in [-0.39, 0.29) is 5.56 Å². The Morgan fingerprint density at radius 3 is 2.85 bits per heavy atom. The fourth-order valence-corrected chi connectivity index (χ4v) is 4.90. The van der Waals surface area contributed by atoms with Crippen LogP contribution in [0.15, 0.2) is 35.1 Å². The summed E-state index contributed by atoms with van der Waals surface area (Å²) in [7, 11) is 0. The number of benzene rings is 1. The molecule has 0 spiro atoms. The van der Waals surface area contributed by atoms with Crippen LogP contribution in [0.25, 0.3) is 10.8 Å². The molecule has 0 bridgehead atoms. The van der Waals surface area contributed by atoms with Gasteiger partial charge in [0.15, 0.2) is 5.82 Å². The van der Waals surface area contributed by atoms with Crippen LogP contribution in [0.4, 0.5) is 5.82 Å². The van der Waals surface area contributed by atoms with Crippen LogP contribution >= 0.6 is 11.8 Å². The van der Waals surface area contributed by atoms with E-state index in [0.29, 0.717) is 12.5 Å². The minimum absolute atomic E-state index is 0.0234. The molecule has 0 aliphatic carbocycles. The van der Waals surface area contributed by atoms with Crippen molar-refractivity contribution < 1.29 is 0 Å². The van der Waals surface area contributed by atoms with E-state index >= 15 is 0 Å². The summed E-state index contributed by atoms with van der Waals surface area (Å²) in [6, 6.07) is 10.1. The monoisotopic (exact) mass is 379 g/mol. The van der Waals surface area contributed by atoms with E-state index in [1.807, 2.05) is 30.8 Å². The molecule has 5 rings (SSSR count). The average Bonchev–Trinajstić information content (AvgIpc) is 2.66. The topological polar surface area (TPSA) is 63.9 Å². The highest BCUT2D eigenvalue weighted by Crippen LogP contribution is 2.30. The number of nitrogens with zero attached hydrogens (tertiary/aromatic N) is 5. The van der Waals surface area contributed by atoms with Gasteiger partial charge in [-0.15, -0.1) is 5.10 Å². The zero-order valence-corrected chi connectivity index (χ0v) is 16.1. The van der Waals surface area contributed by atoms with Crippen molar-refractivity contribution in [3.05, 3.63) is 57.6 Å². The Bertz CT molecular complexity index is 1070. The predicted molar refractivity (Wildman–Crippen MR) is 108 cm³/mol. The molecule has 6 nitrogen and oxygen atoms in total. The summed E-state index contributed by atoms with van der Waals surface area (Å²) < 4.78 is 1.66. The zero-order valence-electron chi connectivity index (χ0n) is 15.3. The highest BCUT2D eigenvalue weighted by atomic mass is 32.2. The molecule has 3 aromatic rings. The normalized spacial score (nSPS) is 17.0. The van der Waals surface area contributed by atoms with Crippen LogP contribution in [0.5, 0.6) is 0 Å². The molecule has 1 aromatic carbocycles. The van der Waals surface area contributed by atoms with Crippen molar-refractivity contribution in [3.63, 3.8) is 0 Å². The van der Waals surface area contributed by atoms with Gasteiger partial charge in [0, 0.05) is 48.0 Å². The van der Waals surface area contributed by atoms with E-state index in [9.17, 15) is 4.79 Å². The second-order valence-corrected chi connectivity index (χ2v) is 8.47. The summed E-state index contributed by atoms with van der Waals surface area (Å²) in [5, 5.41) is 15.7. The van der Waals surface area contributed by atoms with E-state index < -0.39 is 0 Å². The molecule has 0 amide bonds. The van der Waals surface area contributed by atoms with Gasteiger partial charge in [-0.05, 0) is 18.2 Å². The number of hydrogen-bond donors (Lipinski definition) is 0. The fraction of sp³-hybridized carbons (Fsp3) is 0.400. The molecule has 2 aromatic heterocycles. The maximum absolute atomic E-state index is 12.4. The van der Waals surface area contributed by atoms with Crippen LogP contribution in [0, 0.1) is 12.8 Å². The van der Waals surface area contributed by atoms with Gasteiger partial charge in [0.25, 0.3) is 5.56 Å². The molecule has 0 unspecified atom stereocenters. The van der Waals surface area contributed by atoms with Crippen LogP contribution in [-0.2, 0) is 18.7 Å². The van der Waals surface area contributed by atoms with Crippen LogP contribution in [0.1, 0.15) is 17.0 Å². The summed E-state index contributed by atoms with van der Waals surface area (Å²) in [4.78, 5) is 14.6. The maximum atomic E-state index is 12.4. The van der Waals surface area contributed by atoms with Gasteiger partial charge >= 0.3 is 0 Å². The van der Waals surface area contributed by atoms with Gasteiger partial charge in [0.1, 0.15) is 0 Å². The SMILES string of the molecule is Cc1nnc(N2CC(Cn3nc4c(cc3=O)CSCC4)C2)c2ccccc12. The minimum Gasteiger partial charge on any atom is -0.354 e. The summed E-state index contributed by atoms with van der Waals surface area (Å²) in [5.74, 6) is 3.35. The number of hydrogen-bond acceptors (Lipinski definition) is 6. The standard InChI is InChI=1S/C20H21N5OS/c1-13-16-4-2-3-5-17(16)20(22-21-13)24-9-14(10-24)11-25-19(26)8-15-12-27-7-6-18(15)23-25/h2-5,8,14H,6-7,9-12H2,1H3. The lowest BCUT2D eigenvalue weighted by Gasteiger charge is -2.40. The highest BCUT2D eigenvalue weighted by Gasteiger charge is 2.30. The Hall–Kier alpha value is -2.41.